The summed E-state index contributed by atoms with van der Waals surface area (Å²) in [6.45, 7) is 3.44. The molecule has 0 saturated heterocycles. The number of hydrogen-bond donors (Lipinski definition) is 3. The van der Waals surface area contributed by atoms with Gasteiger partial charge in [-0.2, -0.15) is 18.4 Å². The van der Waals surface area contributed by atoms with Crippen LogP contribution in [0.5, 0.6) is 0 Å². The zero-order valence-corrected chi connectivity index (χ0v) is 19.3. The monoisotopic (exact) mass is 491 g/mol. The molecule has 5 N–H and O–H groups in total. The molecule has 7 nitrogen and oxygen atoms in total. The molecule has 180 valence electrons. The number of nitrogens with zero attached hydrogens (tertiary/aromatic N) is 3. The van der Waals surface area contributed by atoms with E-state index >= 15 is 0 Å². The number of aromatic nitrogens is 2. The van der Waals surface area contributed by atoms with E-state index in [0.717, 1.165) is 39.6 Å². The fourth-order valence-electron chi connectivity index (χ4n) is 2.48. The SMILES string of the molecule is CCSc1cc(-c2ccc(CC#N)cc2)cnc1N.Cc1cnc(C(F)(F)F)cc1N.O=CO. The quantitative estimate of drug-likeness (QED) is 0.334. The molecule has 0 bridgehead atoms. The van der Waals surface area contributed by atoms with E-state index in [2.05, 4.69) is 29.0 Å². The Morgan fingerprint density at radius 1 is 1.12 bits per heavy atom. The van der Waals surface area contributed by atoms with Gasteiger partial charge in [0.25, 0.3) is 6.47 Å². The summed E-state index contributed by atoms with van der Waals surface area (Å²) in [7, 11) is 0. The van der Waals surface area contributed by atoms with Gasteiger partial charge in [0.15, 0.2) is 0 Å². The van der Waals surface area contributed by atoms with Crippen LogP contribution in [0.25, 0.3) is 11.1 Å². The summed E-state index contributed by atoms with van der Waals surface area (Å²) >= 11 is 1.69. The number of carboxylic acid groups (broad SMARTS) is 1. The summed E-state index contributed by atoms with van der Waals surface area (Å²) in [6.07, 6.45) is -1.08. The molecule has 2 heterocycles. The largest absolute Gasteiger partial charge is 0.483 e. The molecule has 0 radical (unpaired) electrons. The molecule has 1 aromatic carbocycles. The first-order valence-electron chi connectivity index (χ1n) is 9.79. The maximum atomic E-state index is 12.0. The van der Waals surface area contributed by atoms with Crippen LogP contribution in [0.3, 0.4) is 0 Å². The van der Waals surface area contributed by atoms with Crippen molar-refractivity contribution < 1.29 is 23.1 Å². The minimum Gasteiger partial charge on any atom is -0.483 e. The number of carbonyl (C=O) groups is 1. The van der Waals surface area contributed by atoms with Crippen LogP contribution < -0.4 is 11.5 Å². The zero-order valence-electron chi connectivity index (χ0n) is 18.5. The molecule has 0 atom stereocenters. The van der Waals surface area contributed by atoms with Gasteiger partial charge in [-0.3, -0.25) is 9.78 Å². The van der Waals surface area contributed by atoms with E-state index in [1.165, 1.54) is 0 Å². The molecule has 34 heavy (non-hydrogen) atoms. The fourth-order valence-corrected chi connectivity index (χ4v) is 3.21. The first kappa shape index (κ1) is 28.3. The topological polar surface area (TPSA) is 139 Å². The molecule has 0 amide bonds. The molecule has 0 aliphatic carbocycles. The van der Waals surface area contributed by atoms with Crippen molar-refractivity contribution in [3.63, 3.8) is 0 Å². The lowest BCUT2D eigenvalue weighted by Gasteiger charge is -2.07. The Hall–Kier alpha value is -3.78. The highest BCUT2D eigenvalue weighted by Gasteiger charge is 2.32. The van der Waals surface area contributed by atoms with Crippen LogP contribution in [0.1, 0.15) is 23.7 Å². The normalized spacial score (nSPS) is 10.1. The Balaban J connectivity index is 0.000000330. The van der Waals surface area contributed by atoms with Crippen molar-refractivity contribution in [2.24, 2.45) is 0 Å². The Labute approximate surface area is 199 Å². The first-order chi connectivity index (χ1) is 16.1. The number of anilines is 2. The molecule has 0 fully saturated rings. The van der Waals surface area contributed by atoms with E-state index < -0.39 is 11.9 Å². The van der Waals surface area contributed by atoms with Crippen LogP contribution in [0, 0.1) is 18.3 Å². The Morgan fingerprint density at radius 2 is 1.74 bits per heavy atom. The number of benzene rings is 1. The van der Waals surface area contributed by atoms with Gasteiger partial charge in [-0.25, -0.2) is 4.98 Å². The molecule has 11 heteroatoms. The lowest BCUT2D eigenvalue weighted by Crippen LogP contribution is -2.08. The maximum Gasteiger partial charge on any atom is 0.433 e. The number of pyridine rings is 2. The molecule has 3 aromatic rings. The predicted octanol–water partition coefficient (Wildman–Crippen LogP) is 5.20. The van der Waals surface area contributed by atoms with Crippen molar-refractivity contribution in [1.29, 1.82) is 5.26 Å². The fraction of sp³-hybridized carbons (Fsp3) is 0.217. The van der Waals surface area contributed by atoms with Gasteiger partial charge in [0.1, 0.15) is 11.5 Å². The third-order valence-corrected chi connectivity index (χ3v) is 5.11. The number of hydrogen-bond acceptors (Lipinski definition) is 7. The molecule has 3 rings (SSSR count). The van der Waals surface area contributed by atoms with Crippen LogP contribution in [0.15, 0.2) is 53.7 Å². The van der Waals surface area contributed by atoms with E-state index in [0.29, 0.717) is 17.8 Å². The number of aryl methyl sites for hydroxylation is 1. The number of nitrogens with two attached hydrogens (primary N) is 2. The predicted molar refractivity (Wildman–Crippen MR) is 127 cm³/mol. The van der Waals surface area contributed by atoms with Crippen molar-refractivity contribution in [2.75, 3.05) is 17.2 Å². The number of alkyl halides is 3. The molecule has 0 aliphatic heterocycles. The highest BCUT2D eigenvalue weighted by Crippen LogP contribution is 2.30. The Kier molecular flexibility index (Phi) is 11.4. The number of nitriles is 1. The van der Waals surface area contributed by atoms with Gasteiger partial charge in [-0.1, -0.05) is 31.2 Å². The second-order valence-electron chi connectivity index (χ2n) is 6.60. The molecule has 0 saturated carbocycles. The van der Waals surface area contributed by atoms with Crippen LogP contribution in [0.2, 0.25) is 0 Å². The number of nitrogen functional groups attached to an aromatic ring is 2. The van der Waals surface area contributed by atoms with Gasteiger partial charge in [0, 0.05) is 23.6 Å². The highest BCUT2D eigenvalue weighted by molar-refractivity contribution is 7.99. The van der Waals surface area contributed by atoms with E-state index in [1.54, 1.807) is 24.9 Å². The summed E-state index contributed by atoms with van der Waals surface area (Å²) in [5, 5.41) is 15.5. The van der Waals surface area contributed by atoms with Crippen LogP contribution in [-0.2, 0) is 17.4 Å². The second-order valence-corrected chi connectivity index (χ2v) is 7.91. The zero-order chi connectivity index (χ0) is 25.7. The highest BCUT2D eigenvalue weighted by atomic mass is 32.2. The maximum absolute atomic E-state index is 12.0. The third-order valence-electron chi connectivity index (χ3n) is 4.19. The first-order valence-corrected chi connectivity index (χ1v) is 10.8. The van der Waals surface area contributed by atoms with Crippen molar-refractivity contribution >= 4 is 29.7 Å². The second kappa shape index (κ2) is 13.7. The average Bonchev–Trinajstić information content (AvgIpc) is 2.78. The van der Waals surface area contributed by atoms with E-state index in [1.807, 2.05) is 24.3 Å². The third kappa shape index (κ3) is 8.99. The minimum atomic E-state index is -4.41. The van der Waals surface area contributed by atoms with Crippen molar-refractivity contribution in [2.45, 2.75) is 31.3 Å². The van der Waals surface area contributed by atoms with Crippen LogP contribution >= 0.6 is 11.8 Å². The van der Waals surface area contributed by atoms with Gasteiger partial charge in [0.2, 0.25) is 0 Å². The van der Waals surface area contributed by atoms with E-state index in [-0.39, 0.29) is 12.2 Å². The molecule has 0 spiro atoms. The van der Waals surface area contributed by atoms with Crippen molar-refractivity contribution in [1.82, 2.24) is 9.97 Å². The molecular formula is C23H24F3N5O2S. The summed E-state index contributed by atoms with van der Waals surface area (Å²) < 4.78 is 35.9. The Bertz CT molecular complexity index is 1120. The van der Waals surface area contributed by atoms with Crippen molar-refractivity contribution in [3.05, 3.63) is 65.6 Å². The Morgan fingerprint density at radius 3 is 2.24 bits per heavy atom. The van der Waals surface area contributed by atoms with Gasteiger partial charge >= 0.3 is 6.18 Å². The van der Waals surface area contributed by atoms with Crippen molar-refractivity contribution in [3.8, 4) is 17.2 Å². The van der Waals surface area contributed by atoms with Gasteiger partial charge in [-0.05, 0) is 41.5 Å². The van der Waals surface area contributed by atoms with Crippen LogP contribution in [-0.4, -0.2) is 27.3 Å². The van der Waals surface area contributed by atoms with E-state index in [4.69, 9.17) is 26.6 Å². The van der Waals surface area contributed by atoms with Gasteiger partial charge < -0.3 is 16.6 Å². The molecular weight excluding hydrogens is 467 g/mol. The number of rotatable bonds is 4. The van der Waals surface area contributed by atoms with Crippen LogP contribution in [0.4, 0.5) is 24.7 Å². The standard InChI is InChI=1S/C15H15N3S.C7H7F3N2.CH2O2/c1-2-19-14-9-13(10-18-15(14)17)12-5-3-11(4-6-12)7-8-16;1-4-3-12-6(2-5(4)11)7(8,9)10;2-1-3/h3-6,9-10H,2,7H2,1H3,(H2,17,18);2-3H,1H3,(H2,11,12);1H,(H,2,3). The van der Waals surface area contributed by atoms with Gasteiger partial charge in [0.05, 0.1) is 17.4 Å². The molecule has 0 aliphatic rings. The minimum absolute atomic E-state index is 0.109. The number of thioether (sulfide) groups is 1. The molecule has 0 unspecified atom stereocenters. The lowest BCUT2D eigenvalue weighted by atomic mass is 10.0. The summed E-state index contributed by atoms with van der Waals surface area (Å²) in [4.78, 5) is 16.8. The smallest absolute Gasteiger partial charge is 0.433 e. The summed E-state index contributed by atoms with van der Waals surface area (Å²) in [6, 6.07) is 13.0. The van der Waals surface area contributed by atoms with E-state index in [9.17, 15) is 13.2 Å². The number of halogens is 3. The lowest BCUT2D eigenvalue weighted by molar-refractivity contribution is -0.141. The van der Waals surface area contributed by atoms with Gasteiger partial charge in [-0.15, -0.1) is 11.8 Å². The molecule has 2 aromatic heterocycles. The summed E-state index contributed by atoms with van der Waals surface area (Å²) in [5.74, 6) is 1.55. The average molecular weight is 492 g/mol. The summed E-state index contributed by atoms with van der Waals surface area (Å²) in [5.41, 5.74) is 14.0.